The summed E-state index contributed by atoms with van der Waals surface area (Å²) in [5.74, 6) is 0.918. The zero-order valence-corrected chi connectivity index (χ0v) is 10.7. The molecule has 1 aromatic heterocycles. The maximum Gasteiger partial charge on any atom is 0.185 e. The van der Waals surface area contributed by atoms with Gasteiger partial charge in [0.2, 0.25) is 0 Å². The van der Waals surface area contributed by atoms with E-state index in [1.165, 1.54) is 12.8 Å². The molecule has 88 valence electrons. The average molecular weight is 238 g/mol. The van der Waals surface area contributed by atoms with Gasteiger partial charge in [0, 0.05) is 25.4 Å². The van der Waals surface area contributed by atoms with Crippen LogP contribution in [0.3, 0.4) is 0 Å². The van der Waals surface area contributed by atoms with Crippen molar-refractivity contribution < 1.29 is 4.79 Å². The first-order chi connectivity index (χ1) is 7.70. The van der Waals surface area contributed by atoms with E-state index in [1.54, 1.807) is 18.3 Å². The first kappa shape index (κ1) is 11.6. The van der Waals surface area contributed by atoms with Gasteiger partial charge in [-0.2, -0.15) is 0 Å². The predicted octanol–water partition coefficient (Wildman–Crippen LogP) is 2.97. The third kappa shape index (κ3) is 2.82. The van der Waals surface area contributed by atoms with Gasteiger partial charge in [-0.15, -0.1) is 11.3 Å². The third-order valence-corrected chi connectivity index (χ3v) is 3.69. The van der Waals surface area contributed by atoms with Crippen LogP contribution in [0.1, 0.15) is 43.6 Å². The number of anilines is 1. The summed E-state index contributed by atoms with van der Waals surface area (Å²) in [6.07, 6.45) is 3.83. The minimum atomic E-state index is 0.0605. The summed E-state index contributed by atoms with van der Waals surface area (Å²) < 4.78 is 0. The first-order valence-electron chi connectivity index (χ1n) is 5.92. The van der Waals surface area contributed by atoms with Gasteiger partial charge in [0.25, 0.3) is 0 Å². The average Bonchev–Trinajstić information content (AvgIpc) is 2.92. The second-order valence-electron chi connectivity index (χ2n) is 4.46. The molecule has 0 radical (unpaired) electrons. The number of aromatic nitrogens is 1. The summed E-state index contributed by atoms with van der Waals surface area (Å²) in [5, 5.41) is 2.88. The normalized spacial score (nSPS) is 15.1. The van der Waals surface area contributed by atoms with E-state index in [1.807, 2.05) is 5.38 Å². The number of nitrogens with zero attached hydrogens (tertiary/aromatic N) is 2. The molecule has 1 saturated carbocycles. The Morgan fingerprint density at radius 3 is 2.88 bits per heavy atom. The van der Waals surface area contributed by atoms with Gasteiger partial charge < -0.3 is 4.90 Å². The van der Waals surface area contributed by atoms with E-state index in [0.29, 0.717) is 5.69 Å². The summed E-state index contributed by atoms with van der Waals surface area (Å²) in [6, 6.07) is 0. The number of ketones is 1. The van der Waals surface area contributed by atoms with E-state index in [-0.39, 0.29) is 5.78 Å². The molecule has 0 N–H and O–H groups in total. The predicted molar refractivity (Wildman–Crippen MR) is 67.3 cm³/mol. The number of carbonyl (C=O) groups is 1. The van der Waals surface area contributed by atoms with Crippen LogP contribution >= 0.6 is 11.3 Å². The van der Waals surface area contributed by atoms with Gasteiger partial charge in [0.1, 0.15) is 5.69 Å². The second-order valence-corrected chi connectivity index (χ2v) is 5.30. The molecule has 0 saturated heterocycles. The lowest BCUT2D eigenvalue weighted by Gasteiger charge is -2.20. The molecule has 2 rings (SSSR count). The van der Waals surface area contributed by atoms with Crippen molar-refractivity contribution in [3.05, 3.63) is 11.1 Å². The standard InChI is InChI=1S/C12H18N2OS/c1-3-6-14(7-10-4-5-10)12-13-11(8-16-12)9(2)15/h8,10H,3-7H2,1-2H3. The molecule has 0 atom stereocenters. The summed E-state index contributed by atoms with van der Waals surface area (Å²) in [5.41, 5.74) is 0.608. The highest BCUT2D eigenvalue weighted by atomic mass is 32.1. The maximum atomic E-state index is 11.2. The molecule has 1 heterocycles. The molecule has 1 aromatic rings. The van der Waals surface area contributed by atoms with Crippen molar-refractivity contribution in [1.82, 2.24) is 4.98 Å². The van der Waals surface area contributed by atoms with Gasteiger partial charge >= 0.3 is 0 Å². The lowest BCUT2D eigenvalue weighted by molar-refractivity contribution is 0.101. The monoisotopic (exact) mass is 238 g/mol. The second kappa shape index (κ2) is 4.95. The quantitative estimate of drug-likeness (QED) is 0.714. The molecule has 1 aliphatic rings. The zero-order chi connectivity index (χ0) is 11.5. The van der Waals surface area contributed by atoms with E-state index >= 15 is 0 Å². The van der Waals surface area contributed by atoms with Crippen molar-refractivity contribution in [2.75, 3.05) is 18.0 Å². The number of thiazole rings is 1. The van der Waals surface area contributed by atoms with Crippen LogP contribution in [0, 0.1) is 5.92 Å². The smallest absolute Gasteiger partial charge is 0.185 e. The van der Waals surface area contributed by atoms with Gasteiger partial charge in [-0.05, 0) is 25.2 Å². The van der Waals surface area contributed by atoms with Crippen molar-refractivity contribution in [3.63, 3.8) is 0 Å². The number of Topliss-reactive ketones (excluding diaryl/α,β-unsaturated/α-hetero) is 1. The summed E-state index contributed by atoms with van der Waals surface area (Å²) in [6.45, 7) is 5.91. The molecule has 0 bridgehead atoms. The van der Waals surface area contributed by atoms with Crippen molar-refractivity contribution in [3.8, 4) is 0 Å². The van der Waals surface area contributed by atoms with Crippen molar-refractivity contribution in [2.45, 2.75) is 33.1 Å². The highest BCUT2D eigenvalue weighted by Crippen LogP contribution is 2.32. The number of hydrogen-bond donors (Lipinski definition) is 0. The molecular formula is C12H18N2OS. The highest BCUT2D eigenvalue weighted by molar-refractivity contribution is 7.13. The Hall–Kier alpha value is -0.900. The maximum absolute atomic E-state index is 11.2. The van der Waals surface area contributed by atoms with Gasteiger partial charge in [-0.1, -0.05) is 6.92 Å². The highest BCUT2D eigenvalue weighted by Gasteiger charge is 2.25. The molecule has 0 aromatic carbocycles. The molecule has 16 heavy (non-hydrogen) atoms. The van der Waals surface area contributed by atoms with Crippen LogP contribution in [0.25, 0.3) is 0 Å². The van der Waals surface area contributed by atoms with Gasteiger partial charge in [-0.3, -0.25) is 4.79 Å². The van der Waals surface area contributed by atoms with Gasteiger partial charge in [0.05, 0.1) is 0 Å². The molecule has 3 nitrogen and oxygen atoms in total. The van der Waals surface area contributed by atoms with E-state index in [4.69, 9.17) is 0 Å². The molecule has 1 fully saturated rings. The lowest BCUT2D eigenvalue weighted by Crippen LogP contribution is -2.26. The van der Waals surface area contributed by atoms with E-state index in [9.17, 15) is 4.79 Å². The van der Waals surface area contributed by atoms with Crippen LogP contribution in [0.2, 0.25) is 0 Å². The molecule has 1 aliphatic carbocycles. The fourth-order valence-electron chi connectivity index (χ4n) is 1.72. The molecule has 0 unspecified atom stereocenters. The first-order valence-corrected chi connectivity index (χ1v) is 6.80. The zero-order valence-electron chi connectivity index (χ0n) is 9.90. The van der Waals surface area contributed by atoms with E-state index in [0.717, 1.165) is 30.6 Å². The van der Waals surface area contributed by atoms with Crippen LogP contribution in [-0.2, 0) is 0 Å². The fraction of sp³-hybridized carbons (Fsp3) is 0.667. The SMILES string of the molecule is CCCN(CC1CC1)c1nc(C(C)=O)cs1. The minimum absolute atomic E-state index is 0.0605. The topological polar surface area (TPSA) is 33.2 Å². The third-order valence-electron chi connectivity index (χ3n) is 2.79. The van der Waals surface area contributed by atoms with Gasteiger partial charge in [0.15, 0.2) is 10.9 Å². The number of hydrogen-bond acceptors (Lipinski definition) is 4. The lowest BCUT2D eigenvalue weighted by atomic mass is 10.3. The van der Waals surface area contributed by atoms with Crippen molar-refractivity contribution >= 4 is 22.3 Å². The Morgan fingerprint density at radius 1 is 1.62 bits per heavy atom. The van der Waals surface area contributed by atoms with Crippen LogP contribution in [0.15, 0.2) is 5.38 Å². The largest absolute Gasteiger partial charge is 0.348 e. The van der Waals surface area contributed by atoms with E-state index < -0.39 is 0 Å². The Labute approximate surface area is 100 Å². The molecule has 0 spiro atoms. The molecule has 4 heteroatoms. The summed E-state index contributed by atoms with van der Waals surface area (Å²) in [4.78, 5) is 17.9. The number of carbonyl (C=O) groups excluding carboxylic acids is 1. The van der Waals surface area contributed by atoms with Crippen LogP contribution in [-0.4, -0.2) is 23.9 Å². The summed E-state index contributed by atoms with van der Waals surface area (Å²) in [7, 11) is 0. The Bertz CT molecular complexity index is 371. The van der Waals surface area contributed by atoms with Crippen LogP contribution < -0.4 is 4.90 Å². The minimum Gasteiger partial charge on any atom is -0.348 e. The van der Waals surface area contributed by atoms with Crippen LogP contribution in [0.4, 0.5) is 5.13 Å². The van der Waals surface area contributed by atoms with Crippen molar-refractivity contribution in [1.29, 1.82) is 0 Å². The molecule has 0 amide bonds. The van der Waals surface area contributed by atoms with Crippen molar-refractivity contribution in [2.24, 2.45) is 5.92 Å². The van der Waals surface area contributed by atoms with Crippen LogP contribution in [0.5, 0.6) is 0 Å². The fourth-order valence-corrected chi connectivity index (χ4v) is 2.62. The van der Waals surface area contributed by atoms with Gasteiger partial charge in [-0.25, -0.2) is 4.98 Å². The molecule has 0 aliphatic heterocycles. The Morgan fingerprint density at radius 2 is 2.38 bits per heavy atom. The van der Waals surface area contributed by atoms with E-state index in [2.05, 4.69) is 16.8 Å². The summed E-state index contributed by atoms with van der Waals surface area (Å²) >= 11 is 1.59. The molecular weight excluding hydrogens is 220 g/mol. The Balaban J connectivity index is 2.06. The number of rotatable bonds is 6. The Kier molecular flexibility index (Phi) is 3.59.